The van der Waals surface area contributed by atoms with Crippen molar-refractivity contribution in [1.29, 1.82) is 0 Å². The van der Waals surface area contributed by atoms with E-state index in [4.69, 9.17) is 8.83 Å². The van der Waals surface area contributed by atoms with Crippen LogP contribution in [0.4, 0.5) is 34.1 Å². The maximum Gasteiger partial charge on any atom is 0.160 e. The van der Waals surface area contributed by atoms with Crippen LogP contribution in [0.25, 0.3) is 55.0 Å². The standard InChI is InChI=1S/C91H92N2O2S/c1-85(2,3)57-27-29-63(30-28-57)91(64-41-53-70(54-42-64)96-69-51-39-62(40-52-69)90(16,17)18)73-56-76(93(67-47-35-60(36-48-67)88(10,11)12)68-49-37-61(38-50-68)89(13,14)15)83-80(72-24-20-22-26-78(72)94-83)81(73)82-74(91)55-75(79-71-23-19-21-25-77(71)95-84(79)82)92(65-43-31-58(32-44-65)86(4,5)6)66-45-33-59(34-46-66)87(7,8)9/h19-56H,1-18H3. The Morgan fingerprint density at radius 1 is 0.292 bits per heavy atom. The zero-order valence-electron chi connectivity index (χ0n) is 59.6. The average molecular weight is 1280 g/mol. The molecule has 0 aliphatic heterocycles. The van der Waals surface area contributed by atoms with E-state index in [1.165, 1.54) is 38.3 Å². The van der Waals surface area contributed by atoms with Crippen LogP contribution in [0.15, 0.2) is 249 Å². The number of hydrogen-bond donors (Lipinski definition) is 0. The monoisotopic (exact) mass is 1280 g/mol. The molecular weight excluding hydrogens is 1190 g/mol. The SMILES string of the molecule is CC(C)(C)c1ccc(Sc2ccc(C3(c4ccc(C(C)(C)C)cc4)c4cc(N(c5ccc(C(C)(C)C)cc5)c5ccc(C(C)(C)C)cc5)c5c(oc6ccccc65)c4-c4c3cc(N(c3ccc(C(C)(C)C)cc3)c3ccc(C(C)(C)C)cc3)c3oc5ccccc5c43)cc2)cc1. The number of benzene rings is 11. The molecule has 1 aliphatic rings. The molecule has 1 atom stereocenters. The third kappa shape index (κ3) is 11.2. The van der Waals surface area contributed by atoms with E-state index in [2.05, 4.69) is 365 Å². The van der Waals surface area contributed by atoms with E-state index in [0.717, 1.165) is 116 Å². The van der Waals surface area contributed by atoms with Gasteiger partial charge in [-0.3, -0.25) is 0 Å². The van der Waals surface area contributed by atoms with Crippen molar-refractivity contribution in [2.45, 2.75) is 172 Å². The Kier molecular flexibility index (Phi) is 15.5. The number of hydrogen-bond acceptors (Lipinski definition) is 5. The van der Waals surface area contributed by atoms with Crippen LogP contribution in [0.1, 0.15) is 180 Å². The first-order valence-corrected chi connectivity index (χ1v) is 35.2. The molecule has 13 aromatic rings. The van der Waals surface area contributed by atoms with E-state index in [1.54, 1.807) is 0 Å². The van der Waals surface area contributed by atoms with Crippen LogP contribution < -0.4 is 9.80 Å². The highest BCUT2D eigenvalue weighted by atomic mass is 32.2. The molecule has 1 unspecified atom stereocenters. The molecule has 0 spiro atoms. The molecule has 11 aromatic carbocycles. The van der Waals surface area contributed by atoms with Crippen molar-refractivity contribution in [1.82, 2.24) is 0 Å². The molecule has 0 saturated carbocycles. The van der Waals surface area contributed by atoms with Gasteiger partial charge in [0, 0.05) is 59.8 Å². The molecule has 2 aromatic heterocycles. The van der Waals surface area contributed by atoms with Gasteiger partial charge < -0.3 is 18.6 Å². The zero-order chi connectivity index (χ0) is 67.8. The second-order valence-corrected chi connectivity index (χ2v) is 34.2. The van der Waals surface area contributed by atoms with Crippen LogP contribution in [0.5, 0.6) is 0 Å². The molecule has 96 heavy (non-hydrogen) atoms. The van der Waals surface area contributed by atoms with Crippen molar-refractivity contribution < 1.29 is 8.83 Å². The normalized spacial score (nSPS) is 14.6. The molecule has 0 bridgehead atoms. The van der Waals surface area contributed by atoms with Gasteiger partial charge in [-0.15, -0.1) is 0 Å². The fraction of sp³-hybridized carbons (Fsp3) is 0.275. The minimum Gasteiger partial charge on any atom is -0.455 e. The van der Waals surface area contributed by atoms with Gasteiger partial charge in [0.1, 0.15) is 16.7 Å². The molecule has 0 amide bonds. The van der Waals surface area contributed by atoms with Crippen LogP contribution in [0.2, 0.25) is 0 Å². The largest absolute Gasteiger partial charge is 0.455 e. The van der Waals surface area contributed by atoms with E-state index in [1.807, 2.05) is 11.8 Å². The van der Waals surface area contributed by atoms with Gasteiger partial charge in [0.15, 0.2) is 5.58 Å². The van der Waals surface area contributed by atoms with Gasteiger partial charge in [-0.1, -0.05) is 270 Å². The average Bonchev–Trinajstić information content (AvgIpc) is 1.49. The molecule has 484 valence electrons. The van der Waals surface area contributed by atoms with Gasteiger partial charge >= 0.3 is 0 Å². The van der Waals surface area contributed by atoms with Crippen molar-refractivity contribution in [3.8, 4) is 11.1 Å². The van der Waals surface area contributed by atoms with Gasteiger partial charge in [0.05, 0.1) is 22.2 Å². The summed E-state index contributed by atoms with van der Waals surface area (Å²) in [5, 5.41) is 4.18. The second-order valence-electron chi connectivity index (χ2n) is 33.1. The minimum atomic E-state index is -0.989. The maximum atomic E-state index is 7.75. The van der Waals surface area contributed by atoms with Crippen molar-refractivity contribution in [3.05, 3.63) is 286 Å². The molecule has 4 nitrogen and oxygen atoms in total. The van der Waals surface area contributed by atoms with Crippen molar-refractivity contribution in [2.24, 2.45) is 0 Å². The number of para-hydroxylation sites is 2. The summed E-state index contributed by atoms with van der Waals surface area (Å²) in [4.78, 5) is 7.32. The van der Waals surface area contributed by atoms with E-state index in [9.17, 15) is 0 Å². The topological polar surface area (TPSA) is 32.8 Å². The summed E-state index contributed by atoms with van der Waals surface area (Å²) in [5.41, 5.74) is 22.6. The molecule has 5 heteroatoms. The van der Waals surface area contributed by atoms with Gasteiger partial charge in [0.2, 0.25) is 0 Å². The quantitative estimate of drug-likeness (QED) is 0.136. The zero-order valence-corrected chi connectivity index (χ0v) is 60.4. The predicted molar refractivity (Wildman–Crippen MR) is 410 cm³/mol. The fourth-order valence-electron chi connectivity index (χ4n) is 14.6. The Hall–Kier alpha value is -9.03. The summed E-state index contributed by atoms with van der Waals surface area (Å²) in [6, 6.07) is 87.8. The summed E-state index contributed by atoms with van der Waals surface area (Å²) >= 11 is 1.81. The highest BCUT2D eigenvalue weighted by molar-refractivity contribution is 7.99. The third-order valence-electron chi connectivity index (χ3n) is 20.2. The van der Waals surface area contributed by atoms with E-state index >= 15 is 0 Å². The highest BCUT2D eigenvalue weighted by Gasteiger charge is 2.51. The first-order chi connectivity index (χ1) is 45.4. The summed E-state index contributed by atoms with van der Waals surface area (Å²) in [7, 11) is 0. The third-order valence-corrected chi connectivity index (χ3v) is 21.2. The van der Waals surface area contributed by atoms with E-state index in [-0.39, 0.29) is 32.5 Å². The lowest BCUT2D eigenvalue weighted by Crippen LogP contribution is -2.29. The first kappa shape index (κ1) is 64.3. The Labute approximate surface area is 574 Å². The van der Waals surface area contributed by atoms with Crippen LogP contribution in [0, 0.1) is 0 Å². The Bertz CT molecular complexity index is 4950. The first-order valence-electron chi connectivity index (χ1n) is 34.4. The summed E-state index contributed by atoms with van der Waals surface area (Å²) in [6.45, 7) is 41.3. The van der Waals surface area contributed by atoms with Gasteiger partial charge in [-0.05, 0) is 185 Å². The van der Waals surface area contributed by atoms with Gasteiger partial charge in [0.25, 0.3) is 0 Å². The lowest BCUT2D eigenvalue weighted by molar-refractivity contribution is 0.589. The molecule has 2 heterocycles. The van der Waals surface area contributed by atoms with Gasteiger partial charge in [-0.25, -0.2) is 0 Å². The van der Waals surface area contributed by atoms with Crippen LogP contribution in [-0.4, -0.2) is 0 Å². The Morgan fingerprint density at radius 2 is 0.583 bits per heavy atom. The molecule has 1 aliphatic carbocycles. The molecule has 0 fully saturated rings. The smallest absolute Gasteiger partial charge is 0.160 e. The molecule has 0 saturated heterocycles. The maximum absolute atomic E-state index is 7.75. The lowest BCUT2D eigenvalue weighted by atomic mass is 9.67. The molecular formula is C91H92N2O2S. The van der Waals surface area contributed by atoms with Crippen LogP contribution in [-0.2, 0) is 37.9 Å². The van der Waals surface area contributed by atoms with E-state index in [0.29, 0.717) is 0 Å². The lowest BCUT2D eigenvalue weighted by Gasteiger charge is -2.36. The highest BCUT2D eigenvalue weighted by Crippen LogP contribution is 2.65. The molecule has 0 N–H and O–H groups in total. The van der Waals surface area contributed by atoms with Crippen LogP contribution >= 0.6 is 11.8 Å². The Balaban J connectivity index is 1.16. The Morgan fingerprint density at radius 3 is 0.969 bits per heavy atom. The number of rotatable bonds is 10. The van der Waals surface area contributed by atoms with Gasteiger partial charge in [-0.2, -0.15) is 0 Å². The molecule has 14 rings (SSSR count). The number of anilines is 6. The number of furan rings is 2. The fourth-order valence-corrected chi connectivity index (χ4v) is 15.4. The van der Waals surface area contributed by atoms with Crippen molar-refractivity contribution in [2.75, 3.05) is 9.80 Å². The number of fused-ring (bicyclic) bond motifs is 11. The summed E-state index contributed by atoms with van der Waals surface area (Å²) in [5.74, 6) is 0. The summed E-state index contributed by atoms with van der Waals surface area (Å²) < 4.78 is 15.3. The summed E-state index contributed by atoms with van der Waals surface area (Å²) in [6.07, 6.45) is 0. The van der Waals surface area contributed by atoms with Crippen molar-refractivity contribution in [3.63, 3.8) is 0 Å². The predicted octanol–water partition coefficient (Wildman–Crippen LogP) is 26.7. The minimum absolute atomic E-state index is 0.0513. The van der Waals surface area contributed by atoms with Crippen LogP contribution in [0.3, 0.4) is 0 Å². The molecule has 0 radical (unpaired) electrons. The second kappa shape index (κ2) is 23.1. The van der Waals surface area contributed by atoms with E-state index < -0.39 is 5.41 Å². The van der Waals surface area contributed by atoms with Crippen molar-refractivity contribution >= 4 is 89.8 Å². The number of nitrogens with zero attached hydrogens (tertiary/aromatic N) is 2.